The highest BCUT2D eigenvalue weighted by molar-refractivity contribution is 5.85. The van der Waals surface area contributed by atoms with Gasteiger partial charge in [0.05, 0.1) is 6.04 Å². The Morgan fingerprint density at radius 1 is 1.42 bits per heavy atom. The van der Waals surface area contributed by atoms with Crippen LogP contribution in [0.1, 0.15) is 11.6 Å². The van der Waals surface area contributed by atoms with Crippen LogP contribution < -0.4 is 5.73 Å². The second kappa shape index (κ2) is 4.95. The van der Waals surface area contributed by atoms with Gasteiger partial charge >= 0.3 is 0 Å². The fraction of sp³-hybridized carbons (Fsp3) is 0.250. The molecule has 0 aliphatic rings. The van der Waals surface area contributed by atoms with Gasteiger partial charge in [0.1, 0.15) is 12.4 Å². The summed E-state index contributed by atoms with van der Waals surface area (Å²) in [6.07, 6.45) is 0. The van der Waals surface area contributed by atoms with Gasteiger partial charge in [0.15, 0.2) is 0 Å². The summed E-state index contributed by atoms with van der Waals surface area (Å²) in [4.78, 5) is 0. The smallest absolute Gasteiger partial charge is 0.120 e. The van der Waals surface area contributed by atoms with E-state index in [1.54, 1.807) is 18.2 Å². The van der Waals surface area contributed by atoms with Crippen molar-refractivity contribution < 1.29 is 9.50 Å². The molecular formula is C8H11ClFNO. The Kier molecular flexibility index (Phi) is 4.62. The number of hydrogen-bond donors (Lipinski definition) is 2. The third-order valence-corrected chi connectivity index (χ3v) is 1.50. The van der Waals surface area contributed by atoms with Crippen LogP contribution in [0.2, 0.25) is 0 Å². The van der Waals surface area contributed by atoms with Gasteiger partial charge in [0.2, 0.25) is 0 Å². The molecule has 0 amide bonds. The molecule has 1 aromatic rings. The van der Waals surface area contributed by atoms with E-state index < -0.39 is 12.7 Å². The van der Waals surface area contributed by atoms with Crippen molar-refractivity contribution in [1.29, 1.82) is 0 Å². The van der Waals surface area contributed by atoms with Gasteiger partial charge in [-0.2, -0.15) is 0 Å². The van der Waals surface area contributed by atoms with Gasteiger partial charge in [0, 0.05) is 5.56 Å². The lowest BCUT2D eigenvalue weighted by Gasteiger charge is -2.08. The quantitative estimate of drug-likeness (QED) is 0.749. The van der Waals surface area contributed by atoms with Crippen molar-refractivity contribution in [3.8, 4) is 5.75 Å². The van der Waals surface area contributed by atoms with Crippen molar-refractivity contribution in [2.24, 2.45) is 5.73 Å². The molecule has 0 bridgehead atoms. The van der Waals surface area contributed by atoms with E-state index in [-0.39, 0.29) is 18.2 Å². The third-order valence-electron chi connectivity index (χ3n) is 1.50. The molecular weight excluding hydrogens is 181 g/mol. The molecule has 0 saturated carbocycles. The number of phenolic OH excluding ortho intramolecular Hbond substituents is 1. The van der Waals surface area contributed by atoms with Crippen molar-refractivity contribution in [3.63, 3.8) is 0 Å². The fourth-order valence-electron chi connectivity index (χ4n) is 0.884. The van der Waals surface area contributed by atoms with E-state index in [1.807, 2.05) is 0 Å². The third kappa shape index (κ3) is 2.36. The van der Waals surface area contributed by atoms with Crippen LogP contribution in [0.25, 0.3) is 0 Å². The van der Waals surface area contributed by atoms with Crippen molar-refractivity contribution in [3.05, 3.63) is 29.8 Å². The molecule has 0 fully saturated rings. The number of benzene rings is 1. The summed E-state index contributed by atoms with van der Waals surface area (Å²) >= 11 is 0. The highest BCUT2D eigenvalue weighted by atomic mass is 35.5. The number of phenols is 1. The first-order chi connectivity index (χ1) is 5.25. The predicted molar refractivity (Wildman–Crippen MR) is 48.3 cm³/mol. The largest absolute Gasteiger partial charge is 0.508 e. The maximum absolute atomic E-state index is 12.0. The molecule has 0 aliphatic carbocycles. The zero-order valence-electron chi connectivity index (χ0n) is 6.40. The summed E-state index contributed by atoms with van der Waals surface area (Å²) in [6, 6.07) is 5.77. The first-order valence-electron chi connectivity index (χ1n) is 3.35. The number of rotatable bonds is 2. The molecule has 0 saturated heterocycles. The van der Waals surface area contributed by atoms with Crippen LogP contribution in [0.3, 0.4) is 0 Å². The lowest BCUT2D eigenvalue weighted by molar-refractivity contribution is 0.414. The molecule has 0 aromatic heterocycles. The average molecular weight is 192 g/mol. The van der Waals surface area contributed by atoms with Crippen LogP contribution >= 0.6 is 12.4 Å². The average Bonchev–Trinajstić information content (AvgIpc) is 2.04. The molecule has 3 N–H and O–H groups in total. The van der Waals surface area contributed by atoms with Crippen LogP contribution in [0.5, 0.6) is 5.75 Å². The normalized spacial score (nSPS) is 11.8. The maximum atomic E-state index is 12.0. The molecule has 2 nitrogen and oxygen atoms in total. The number of halogens is 2. The van der Waals surface area contributed by atoms with E-state index in [4.69, 9.17) is 10.8 Å². The van der Waals surface area contributed by atoms with Crippen LogP contribution in [0.4, 0.5) is 4.39 Å². The van der Waals surface area contributed by atoms with Gasteiger partial charge in [-0.15, -0.1) is 12.4 Å². The predicted octanol–water partition coefficient (Wildman–Crippen LogP) is 1.78. The summed E-state index contributed by atoms with van der Waals surface area (Å²) in [5, 5.41) is 9.17. The van der Waals surface area contributed by atoms with E-state index in [9.17, 15) is 4.39 Å². The van der Waals surface area contributed by atoms with Crippen molar-refractivity contribution in [1.82, 2.24) is 0 Å². The number of aromatic hydroxyl groups is 1. The molecule has 0 unspecified atom stereocenters. The molecule has 1 aromatic carbocycles. The van der Waals surface area contributed by atoms with E-state index in [2.05, 4.69) is 0 Å². The lowest BCUT2D eigenvalue weighted by atomic mass is 10.1. The number of para-hydroxylation sites is 1. The van der Waals surface area contributed by atoms with Crippen LogP contribution in [-0.2, 0) is 0 Å². The minimum Gasteiger partial charge on any atom is -0.508 e. The first-order valence-corrected chi connectivity index (χ1v) is 3.35. The number of hydrogen-bond acceptors (Lipinski definition) is 2. The van der Waals surface area contributed by atoms with Crippen molar-refractivity contribution in [2.45, 2.75) is 6.04 Å². The van der Waals surface area contributed by atoms with Crippen LogP contribution in [-0.4, -0.2) is 11.8 Å². The molecule has 1 atom stereocenters. The summed E-state index contributed by atoms with van der Waals surface area (Å²) in [5.74, 6) is 0.0534. The van der Waals surface area contributed by atoms with Crippen molar-refractivity contribution >= 4 is 12.4 Å². The standard InChI is InChI=1S/C8H10FNO.ClH/c9-5-7(10)6-3-1-2-4-8(6)11;/h1-4,7,11H,5,10H2;1H/t7-;/m0./s1. The first kappa shape index (κ1) is 11.2. The minimum atomic E-state index is -0.712. The minimum absolute atomic E-state index is 0. The zero-order valence-corrected chi connectivity index (χ0v) is 7.22. The van der Waals surface area contributed by atoms with Gasteiger partial charge in [-0.3, -0.25) is 0 Å². The molecule has 1 rings (SSSR count). The SMILES string of the molecule is Cl.N[C@@H](CF)c1ccccc1O. The Hall–Kier alpha value is -0.800. The van der Waals surface area contributed by atoms with Gasteiger partial charge in [0.25, 0.3) is 0 Å². The topological polar surface area (TPSA) is 46.2 Å². The molecule has 0 aliphatic heterocycles. The van der Waals surface area contributed by atoms with Crippen LogP contribution in [0, 0.1) is 0 Å². The highest BCUT2D eigenvalue weighted by Crippen LogP contribution is 2.21. The Morgan fingerprint density at radius 2 is 2.00 bits per heavy atom. The van der Waals surface area contributed by atoms with Crippen LogP contribution in [0.15, 0.2) is 24.3 Å². The number of nitrogens with two attached hydrogens (primary N) is 1. The summed E-state index contributed by atoms with van der Waals surface area (Å²) < 4.78 is 12.0. The molecule has 4 heteroatoms. The number of alkyl halides is 1. The Morgan fingerprint density at radius 3 is 2.50 bits per heavy atom. The summed E-state index contributed by atoms with van der Waals surface area (Å²) in [7, 11) is 0. The molecule has 68 valence electrons. The Labute approximate surface area is 76.6 Å². The van der Waals surface area contributed by atoms with E-state index >= 15 is 0 Å². The van der Waals surface area contributed by atoms with E-state index in [0.29, 0.717) is 5.56 Å². The molecule has 12 heavy (non-hydrogen) atoms. The second-order valence-corrected chi connectivity index (χ2v) is 2.32. The highest BCUT2D eigenvalue weighted by Gasteiger charge is 2.08. The van der Waals surface area contributed by atoms with Gasteiger partial charge < -0.3 is 10.8 Å². The Balaban J connectivity index is 0.00000121. The second-order valence-electron chi connectivity index (χ2n) is 2.32. The maximum Gasteiger partial charge on any atom is 0.120 e. The van der Waals surface area contributed by atoms with Gasteiger partial charge in [-0.05, 0) is 6.07 Å². The summed E-state index contributed by atoms with van der Waals surface area (Å²) in [5.41, 5.74) is 5.81. The lowest BCUT2D eigenvalue weighted by Crippen LogP contribution is -2.11. The molecule has 0 heterocycles. The van der Waals surface area contributed by atoms with E-state index in [1.165, 1.54) is 6.07 Å². The van der Waals surface area contributed by atoms with Gasteiger partial charge in [-0.25, -0.2) is 4.39 Å². The zero-order chi connectivity index (χ0) is 8.27. The van der Waals surface area contributed by atoms with E-state index in [0.717, 1.165) is 0 Å². The summed E-state index contributed by atoms with van der Waals surface area (Å²) in [6.45, 7) is -0.655. The van der Waals surface area contributed by atoms with Crippen molar-refractivity contribution in [2.75, 3.05) is 6.67 Å². The fourth-order valence-corrected chi connectivity index (χ4v) is 0.884. The monoisotopic (exact) mass is 191 g/mol. The molecule has 0 spiro atoms. The molecule has 0 radical (unpaired) electrons. The Bertz CT molecular complexity index is 244. The van der Waals surface area contributed by atoms with Gasteiger partial charge in [-0.1, -0.05) is 18.2 Å².